The molecule has 0 aliphatic heterocycles. The van der Waals surface area contributed by atoms with Gasteiger partial charge in [-0.3, -0.25) is 4.79 Å². The van der Waals surface area contributed by atoms with E-state index in [9.17, 15) is 18.0 Å². The SMILES string of the molecule is Cc1nn2c(=O)cc(CSc3ncc(-c4ccccc4)n3CC(F)(F)F)nc2s1. The molecule has 0 aliphatic carbocycles. The third-order valence-electron chi connectivity index (χ3n) is 3.97. The Bertz CT molecular complexity index is 1210. The van der Waals surface area contributed by atoms with Crippen LogP contribution in [0.2, 0.25) is 0 Å². The molecule has 0 amide bonds. The van der Waals surface area contributed by atoms with Gasteiger partial charge in [-0.25, -0.2) is 9.97 Å². The molecule has 6 nitrogen and oxygen atoms in total. The number of aromatic nitrogens is 5. The fourth-order valence-electron chi connectivity index (χ4n) is 2.81. The third-order valence-corrected chi connectivity index (χ3v) is 5.82. The highest BCUT2D eigenvalue weighted by Crippen LogP contribution is 2.31. The van der Waals surface area contributed by atoms with Crippen molar-refractivity contribution in [2.75, 3.05) is 0 Å². The molecule has 0 aliphatic rings. The predicted octanol–water partition coefficient (Wildman–Crippen LogP) is 4.18. The maximum atomic E-state index is 13.2. The molecule has 4 rings (SSSR count). The summed E-state index contributed by atoms with van der Waals surface area (Å²) in [5.41, 5.74) is 1.17. The Morgan fingerprint density at radius 1 is 1.21 bits per heavy atom. The Hall–Kier alpha value is -2.66. The first kappa shape index (κ1) is 19.6. The molecule has 29 heavy (non-hydrogen) atoms. The van der Waals surface area contributed by atoms with E-state index < -0.39 is 12.7 Å². The highest BCUT2D eigenvalue weighted by molar-refractivity contribution is 7.98. The van der Waals surface area contributed by atoms with Crippen molar-refractivity contribution in [3.8, 4) is 11.3 Å². The molecule has 0 saturated carbocycles. The summed E-state index contributed by atoms with van der Waals surface area (Å²) in [6.45, 7) is 0.620. The van der Waals surface area contributed by atoms with Crippen LogP contribution < -0.4 is 5.56 Å². The van der Waals surface area contributed by atoms with E-state index in [0.717, 1.165) is 16.3 Å². The summed E-state index contributed by atoms with van der Waals surface area (Å²) in [6.07, 6.45) is -2.96. The van der Waals surface area contributed by atoms with Gasteiger partial charge in [0.2, 0.25) is 4.96 Å². The Labute approximate surface area is 171 Å². The van der Waals surface area contributed by atoms with Crippen LogP contribution in [0.4, 0.5) is 13.2 Å². The van der Waals surface area contributed by atoms with E-state index in [1.807, 2.05) is 0 Å². The van der Waals surface area contributed by atoms with Gasteiger partial charge in [0.05, 0.1) is 17.6 Å². The average Bonchev–Trinajstić information content (AvgIpc) is 3.22. The minimum absolute atomic E-state index is 0.212. The lowest BCUT2D eigenvalue weighted by molar-refractivity contribution is -0.141. The molecule has 0 unspecified atom stereocenters. The maximum absolute atomic E-state index is 13.2. The van der Waals surface area contributed by atoms with Crippen molar-refractivity contribution >= 4 is 28.1 Å². The fourth-order valence-corrected chi connectivity index (χ4v) is 4.45. The normalized spacial score (nSPS) is 12.0. The maximum Gasteiger partial charge on any atom is 0.406 e. The van der Waals surface area contributed by atoms with Gasteiger partial charge in [-0.15, -0.1) is 0 Å². The van der Waals surface area contributed by atoms with E-state index >= 15 is 0 Å². The molecular formula is C18H14F3N5OS2. The number of fused-ring (bicyclic) bond motifs is 1. The first-order valence-corrected chi connectivity index (χ1v) is 10.3. The van der Waals surface area contributed by atoms with Crippen LogP contribution in [0.1, 0.15) is 10.7 Å². The first-order valence-electron chi connectivity index (χ1n) is 8.47. The smallest absolute Gasteiger partial charge is 0.310 e. The second kappa shape index (κ2) is 7.64. The van der Waals surface area contributed by atoms with Gasteiger partial charge in [0, 0.05) is 11.8 Å². The quantitative estimate of drug-likeness (QED) is 0.439. The molecule has 0 fully saturated rings. The largest absolute Gasteiger partial charge is 0.406 e. The molecule has 0 spiro atoms. The number of nitrogens with zero attached hydrogens (tertiary/aromatic N) is 5. The summed E-state index contributed by atoms with van der Waals surface area (Å²) in [5.74, 6) is 0.214. The van der Waals surface area contributed by atoms with E-state index in [1.165, 1.54) is 28.1 Å². The van der Waals surface area contributed by atoms with Gasteiger partial charge in [0.15, 0.2) is 5.16 Å². The lowest BCUT2D eigenvalue weighted by atomic mass is 10.2. The van der Waals surface area contributed by atoms with Gasteiger partial charge in [-0.05, 0) is 12.5 Å². The monoisotopic (exact) mass is 437 g/mol. The summed E-state index contributed by atoms with van der Waals surface area (Å²) in [5, 5.41) is 4.99. The zero-order valence-electron chi connectivity index (χ0n) is 15.1. The Balaban J connectivity index is 1.65. The van der Waals surface area contributed by atoms with Crippen LogP contribution in [0.3, 0.4) is 0 Å². The molecule has 150 valence electrons. The number of imidazole rings is 1. The van der Waals surface area contributed by atoms with Crippen molar-refractivity contribution in [2.24, 2.45) is 0 Å². The fraction of sp³-hybridized carbons (Fsp3) is 0.222. The minimum Gasteiger partial charge on any atom is -0.310 e. The summed E-state index contributed by atoms with van der Waals surface area (Å²) in [6, 6.07) is 10.1. The van der Waals surface area contributed by atoms with E-state index in [4.69, 9.17) is 0 Å². The molecule has 3 aromatic heterocycles. The molecule has 0 saturated heterocycles. The van der Waals surface area contributed by atoms with Crippen molar-refractivity contribution in [2.45, 2.75) is 30.6 Å². The molecule has 0 radical (unpaired) electrons. The third kappa shape index (κ3) is 4.35. The van der Waals surface area contributed by atoms with Crippen LogP contribution >= 0.6 is 23.1 Å². The number of rotatable bonds is 5. The van der Waals surface area contributed by atoms with E-state index in [-0.39, 0.29) is 16.5 Å². The zero-order valence-corrected chi connectivity index (χ0v) is 16.7. The van der Waals surface area contributed by atoms with E-state index in [2.05, 4.69) is 15.1 Å². The standard InChI is InChI=1S/C18H14F3N5OS2/c1-11-24-26-15(27)7-13(23-17(26)29-11)9-28-16-22-8-14(12-5-3-2-4-6-12)25(16)10-18(19,20)21/h2-8H,9-10H2,1H3. The molecule has 0 atom stereocenters. The van der Waals surface area contributed by atoms with Gasteiger partial charge in [-0.2, -0.15) is 22.8 Å². The second-order valence-corrected chi connectivity index (χ2v) is 8.29. The number of hydrogen-bond acceptors (Lipinski definition) is 6. The number of thioether (sulfide) groups is 1. The highest BCUT2D eigenvalue weighted by Gasteiger charge is 2.30. The van der Waals surface area contributed by atoms with Crippen LogP contribution in [0.25, 0.3) is 16.2 Å². The van der Waals surface area contributed by atoms with Crippen molar-refractivity contribution in [3.05, 3.63) is 63.7 Å². The second-order valence-electron chi connectivity index (χ2n) is 6.18. The number of aryl methyl sites for hydroxylation is 1. The van der Waals surface area contributed by atoms with Gasteiger partial charge in [0.1, 0.15) is 11.6 Å². The van der Waals surface area contributed by atoms with Crippen molar-refractivity contribution in [1.82, 2.24) is 24.1 Å². The number of benzene rings is 1. The molecule has 0 N–H and O–H groups in total. The number of alkyl halides is 3. The van der Waals surface area contributed by atoms with Crippen LogP contribution in [-0.2, 0) is 12.3 Å². The van der Waals surface area contributed by atoms with Gasteiger partial charge in [0.25, 0.3) is 5.56 Å². The van der Waals surface area contributed by atoms with Gasteiger partial charge < -0.3 is 4.57 Å². The number of hydrogen-bond donors (Lipinski definition) is 0. The summed E-state index contributed by atoms with van der Waals surface area (Å²) < 4.78 is 41.9. The van der Waals surface area contributed by atoms with Crippen molar-refractivity contribution < 1.29 is 13.2 Å². The van der Waals surface area contributed by atoms with Crippen LogP contribution in [0.15, 0.2) is 52.5 Å². The van der Waals surface area contributed by atoms with Crippen LogP contribution in [0, 0.1) is 6.92 Å². The number of halogens is 3. The average molecular weight is 437 g/mol. The molecular weight excluding hydrogens is 423 g/mol. The Kier molecular flexibility index (Phi) is 5.17. The summed E-state index contributed by atoms with van der Waals surface area (Å²) in [7, 11) is 0. The Morgan fingerprint density at radius 3 is 2.69 bits per heavy atom. The van der Waals surface area contributed by atoms with Gasteiger partial charge >= 0.3 is 6.18 Å². The minimum atomic E-state index is -4.39. The van der Waals surface area contributed by atoms with Crippen LogP contribution in [-0.4, -0.2) is 30.3 Å². The van der Waals surface area contributed by atoms with Crippen molar-refractivity contribution in [1.29, 1.82) is 0 Å². The zero-order chi connectivity index (χ0) is 20.6. The van der Waals surface area contributed by atoms with E-state index in [0.29, 0.717) is 26.9 Å². The summed E-state index contributed by atoms with van der Waals surface area (Å²) >= 11 is 2.38. The topological polar surface area (TPSA) is 65.1 Å². The molecule has 4 aromatic rings. The van der Waals surface area contributed by atoms with Crippen LogP contribution in [0.5, 0.6) is 0 Å². The Morgan fingerprint density at radius 2 is 1.97 bits per heavy atom. The van der Waals surface area contributed by atoms with Crippen molar-refractivity contribution in [3.63, 3.8) is 0 Å². The molecule has 0 bridgehead atoms. The first-order chi connectivity index (χ1) is 13.8. The highest BCUT2D eigenvalue weighted by atomic mass is 32.2. The lowest BCUT2D eigenvalue weighted by Gasteiger charge is -2.14. The molecule has 1 aromatic carbocycles. The summed E-state index contributed by atoms with van der Waals surface area (Å²) in [4.78, 5) is 21.2. The van der Waals surface area contributed by atoms with Gasteiger partial charge in [-0.1, -0.05) is 53.4 Å². The molecule has 11 heteroatoms. The predicted molar refractivity (Wildman–Crippen MR) is 105 cm³/mol. The van der Waals surface area contributed by atoms with E-state index in [1.54, 1.807) is 37.3 Å². The molecule has 3 heterocycles. The lowest BCUT2D eigenvalue weighted by Crippen LogP contribution is -2.19.